The number of ether oxygens (including phenoxy) is 1. The van der Waals surface area contributed by atoms with Gasteiger partial charge < -0.3 is 10.1 Å². The van der Waals surface area contributed by atoms with Crippen LogP contribution in [0.25, 0.3) is 0 Å². The molecule has 0 unspecified atom stereocenters. The quantitative estimate of drug-likeness (QED) is 0.631. The van der Waals surface area contributed by atoms with Gasteiger partial charge >= 0.3 is 0 Å². The summed E-state index contributed by atoms with van der Waals surface area (Å²) in [5.41, 5.74) is 2.97. The molecule has 0 saturated carbocycles. The fourth-order valence-corrected chi connectivity index (χ4v) is 2.07. The van der Waals surface area contributed by atoms with Crippen molar-refractivity contribution in [3.63, 3.8) is 0 Å². The smallest absolute Gasteiger partial charge is 0.238 e. The molecule has 2 heterocycles. The second kappa shape index (κ2) is 4.92. The van der Waals surface area contributed by atoms with Gasteiger partial charge in [0.05, 0.1) is 19.1 Å². The normalized spacial score (nSPS) is 32.9. The molecule has 86 valence electrons. The van der Waals surface area contributed by atoms with Gasteiger partial charge in [-0.3, -0.25) is 10.2 Å². The fraction of sp³-hybridized carbons (Fsp3) is 0.900. The highest BCUT2D eigenvalue weighted by atomic mass is 16.5. The molecule has 5 heteroatoms. The number of morpholine rings is 1. The Kier molecular flexibility index (Phi) is 3.56. The molecule has 1 amide bonds. The molecule has 2 aliphatic rings. The molecule has 0 spiro atoms. The zero-order chi connectivity index (χ0) is 10.7. The molecule has 0 aromatic carbocycles. The Labute approximate surface area is 90.1 Å². The lowest BCUT2D eigenvalue weighted by atomic mass is 9.98. The van der Waals surface area contributed by atoms with Crippen LogP contribution in [0.2, 0.25) is 0 Å². The first-order valence-electron chi connectivity index (χ1n) is 5.61. The predicted molar refractivity (Wildman–Crippen MR) is 56.1 cm³/mol. The molecular weight excluding hydrogens is 194 g/mol. The van der Waals surface area contributed by atoms with Gasteiger partial charge in [-0.15, -0.1) is 0 Å². The van der Waals surface area contributed by atoms with Gasteiger partial charge in [-0.2, -0.15) is 0 Å². The van der Waals surface area contributed by atoms with Gasteiger partial charge in [0.25, 0.3) is 0 Å². The highest BCUT2D eigenvalue weighted by Gasteiger charge is 2.30. The van der Waals surface area contributed by atoms with E-state index in [1.165, 1.54) is 0 Å². The number of carbonyl (C=O) groups excluding carboxylic acids is 1. The van der Waals surface area contributed by atoms with Gasteiger partial charge in [0.15, 0.2) is 0 Å². The summed E-state index contributed by atoms with van der Waals surface area (Å²) in [4.78, 5) is 11.9. The second-order valence-electron chi connectivity index (χ2n) is 4.32. The SMILES string of the molecule is C[C@@H]1CNC[C@H]1C(=O)NN1CCOCC1. The Bertz CT molecular complexity index is 229. The van der Waals surface area contributed by atoms with Crippen LogP contribution >= 0.6 is 0 Å². The molecule has 2 atom stereocenters. The first-order chi connectivity index (χ1) is 7.27. The maximum Gasteiger partial charge on any atom is 0.238 e. The van der Waals surface area contributed by atoms with Crippen molar-refractivity contribution in [2.45, 2.75) is 6.92 Å². The summed E-state index contributed by atoms with van der Waals surface area (Å²) in [6, 6.07) is 0. The molecule has 0 aromatic rings. The molecule has 0 aliphatic carbocycles. The maximum absolute atomic E-state index is 11.9. The van der Waals surface area contributed by atoms with Crippen molar-refractivity contribution in [3.05, 3.63) is 0 Å². The summed E-state index contributed by atoms with van der Waals surface area (Å²) in [5.74, 6) is 0.702. The molecule has 5 nitrogen and oxygen atoms in total. The Morgan fingerprint density at radius 2 is 2.13 bits per heavy atom. The summed E-state index contributed by atoms with van der Waals surface area (Å²) in [5, 5.41) is 5.19. The van der Waals surface area contributed by atoms with E-state index < -0.39 is 0 Å². The third-order valence-electron chi connectivity index (χ3n) is 3.13. The van der Waals surface area contributed by atoms with E-state index >= 15 is 0 Å². The van der Waals surface area contributed by atoms with E-state index in [-0.39, 0.29) is 11.8 Å². The number of carbonyl (C=O) groups is 1. The van der Waals surface area contributed by atoms with Gasteiger partial charge in [-0.1, -0.05) is 6.92 Å². The van der Waals surface area contributed by atoms with Crippen molar-refractivity contribution in [3.8, 4) is 0 Å². The van der Waals surface area contributed by atoms with Gasteiger partial charge in [0.1, 0.15) is 0 Å². The van der Waals surface area contributed by atoms with Crippen molar-refractivity contribution >= 4 is 5.91 Å². The number of hydrogen-bond donors (Lipinski definition) is 2. The molecule has 0 bridgehead atoms. The lowest BCUT2D eigenvalue weighted by molar-refractivity contribution is -0.132. The lowest BCUT2D eigenvalue weighted by Gasteiger charge is -2.28. The summed E-state index contributed by atoms with van der Waals surface area (Å²) >= 11 is 0. The predicted octanol–water partition coefficient (Wildman–Crippen LogP) is -0.795. The highest BCUT2D eigenvalue weighted by Crippen LogP contribution is 2.15. The molecular formula is C10H19N3O2. The van der Waals surface area contributed by atoms with Crippen LogP contribution in [0.1, 0.15) is 6.92 Å². The highest BCUT2D eigenvalue weighted by molar-refractivity contribution is 5.79. The van der Waals surface area contributed by atoms with E-state index in [0.717, 1.165) is 26.2 Å². The van der Waals surface area contributed by atoms with E-state index in [0.29, 0.717) is 19.1 Å². The van der Waals surface area contributed by atoms with Gasteiger partial charge in [-0.25, -0.2) is 5.01 Å². The van der Waals surface area contributed by atoms with Crippen molar-refractivity contribution in [2.24, 2.45) is 11.8 Å². The lowest BCUT2D eigenvalue weighted by Crippen LogP contribution is -2.51. The third-order valence-corrected chi connectivity index (χ3v) is 3.13. The Hall–Kier alpha value is -0.650. The molecule has 2 saturated heterocycles. The van der Waals surface area contributed by atoms with Crippen molar-refractivity contribution in [2.75, 3.05) is 39.4 Å². The minimum absolute atomic E-state index is 0.118. The number of nitrogens with zero attached hydrogens (tertiary/aromatic N) is 1. The van der Waals surface area contributed by atoms with Gasteiger partial charge in [0, 0.05) is 19.6 Å². The largest absolute Gasteiger partial charge is 0.379 e. The van der Waals surface area contributed by atoms with E-state index in [1.54, 1.807) is 0 Å². The van der Waals surface area contributed by atoms with Crippen molar-refractivity contribution in [1.82, 2.24) is 15.8 Å². The second-order valence-corrected chi connectivity index (χ2v) is 4.32. The average Bonchev–Trinajstić information content (AvgIpc) is 2.66. The van der Waals surface area contributed by atoms with Crippen molar-refractivity contribution < 1.29 is 9.53 Å². The zero-order valence-electron chi connectivity index (χ0n) is 9.16. The molecule has 2 rings (SSSR count). The van der Waals surface area contributed by atoms with Crippen LogP contribution in [0, 0.1) is 11.8 Å². The Balaban J connectivity index is 1.80. The zero-order valence-corrected chi connectivity index (χ0v) is 9.16. The topological polar surface area (TPSA) is 53.6 Å². The minimum atomic E-state index is 0.118. The molecule has 0 aromatic heterocycles. The van der Waals surface area contributed by atoms with Crippen LogP contribution in [0.15, 0.2) is 0 Å². The number of hydrazine groups is 1. The summed E-state index contributed by atoms with van der Waals surface area (Å²) in [6.45, 7) is 6.86. The summed E-state index contributed by atoms with van der Waals surface area (Å²) in [7, 11) is 0. The molecule has 15 heavy (non-hydrogen) atoms. The summed E-state index contributed by atoms with van der Waals surface area (Å²) < 4.78 is 5.22. The van der Waals surface area contributed by atoms with E-state index in [4.69, 9.17) is 4.74 Å². The fourth-order valence-electron chi connectivity index (χ4n) is 2.07. The third kappa shape index (κ3) is 2.68. The van der Waals surface area contributed by atoms with Crippen LogP contribution < -0.4 is 10.7 Å². The number of hydrogen-bond acceptors (Lipinski definition) is 4. The van der Waals surface area contributed by atoms with Crippen LogP contribution in [0.5, 0.6) is 0 Å². The van der Waals surface area contributed by atoms with Crippen LogP contribution in [-0.4, -0.2) is 50.3 Å². The van der Waals surface area contributed by atoms with Crippen LogP contribution in [0.3, 0.4) is 0 Å². The average molecular weight is 213 g/mol. The molecule has 0 radical (unpaired) electrons. The molecule has 2 N–H and O–H groups in total. The van der Waals surface area contributed by atoms with E-state index in [1.807, 2.05) is 5.01 Å². The van der Waals surface area contributed by atoms with Gasteiger partial charge in [-0.05, 0) is 12.5 Å². The van der Waals surface area contributed by atoms with Crippen molar-refractivity contribution in [1.29, 1.82) is 0 Å². The molecule has 2 aliphatic heterocycles. The monoisotopic (exact) mass is 213 g/mol. The Morgan fingerprint density at radius 3 is 2.73 bits per heavy atom. The molecule has 2 fully saturated rings. The Morgan fingerprint density at radius 1 is 1.40 bits per heavy atom. The van der Waals surface area contributed by atoms with E-state index in [9.17, 15) is 4.79 Å². The van der Waals surface area contributed by atoms with Gasteiger partial charge in [0.2, 0.25) is 5.91 Å². The van der Waals surface area contributed by atoms with Crippen LogP contribution in [0.4, 0.5) is 0 Å². The van der Waals surface area contributed by atoms with E-state index in [2.05, 4.69) is 17.7 Å². The minimum Gasteiger partial charge on any atom is -0.379 e. The first kappa shape index (κ1) is 10.9. The van der Waals surface area contributed by atoms with Crippen LogP contribution in [-0.2, 0) is 9.53 Å². The standard InChI is InChI=1S/C10H19N3O2/c1-8-6-11-7-9(8)10(14)12-13-2-4-15-5-3-13/h8-9,11H,2-7H2,1H3,(H,12,14)/t8-,9-/m1/s1. The number of rotatable bonds is 2. The summed E-state index contributed by atoms with van der Waals surface area (Å²) in [6.07, 6.45) is 0. The first-order valence-corrected chi connectivity index (χ1v) is 5.61. The maximum atomic E-state index is 11.9. The number of nitrogens with one attached hydrogen (secondary N) is 2. The number of amides is 1.